The fourth-order valence-corrected chi connectivity index (χ4v) is 2.62. The largest absolute Gasteiger partial charge is 0.352 e. The second-order valence-electron chi connectivity index (χ2n) is 5.41. The molecule has 0 unspecified atom stereocenters. The van der Waals surface area contributed by atoms with E-state index in [1.807, 2.05) is 18.2 Å². The summed E-state index contributed by atoms with van der Waals surface area (Å²) in [5, 5.41) is 9.07. The van der Waals surface area contributed by atoms with Crippen LogP contribution in [0.1, 0.15) is 11.1 Å². The Hall–Kier alpha value is -3.20. The fourth-order valence-electron chi connectivity index (χ4n) is 2.62. The molecule has 3 rings (SSSR count). The third-order valence-corrected chi connectivity index (χ3v) is 3.95. The first kappa shape index (κ1) is 15.7. The van der Waals surface area contributed by atoms with E-state index < -0.39 is 0 Å². The van der Waals surface area contributed by atoms with E-state index >= 15 is 0 Å². The zero-order chi connectivity index (χ0) is 16.8. The lowest BCUT2D eigenvalue weighted by Crippen LogP contribution is -2.48. The number of hydrogen-bond donors (Lipinski definition) is 0. The Bertz CT molecular complexity index is 773. The van der Waals surface area contributed by atoms with E-state index in [0.717, 1.165) is 24.5 Å². The molecule has 1 aromatic carbocycles. The number of anilines is 1. The van der Waals surface area contributed by atoms with E-state index in [9.17, 15) is 4.79 Å². The van der Waals surface area contributed by atoms with Crippen molar-refractivity contribution in [2.45, 2.75) is 0 Å². The van der Waals surface area contributed by atoms with Crippen molar-refractivity contribution in [1.82, 2.24) is 14.9 Å². The van der Waals surface area contributed by atoms with Gasteiger partial charge in [0.05, 0.1) is 17.8 Å². The number of aromatic nitrogens is 2. The van der Waals surface area contributed by atoms with E-state index in [4.69, 9.17) is 5.26 Å². The lowest BCUT2D eigenvalue weighted by Gasteiger charge is -2.34. The number of benzene rings is 1. The highest BCUT2D eigenvalue weighted by atomic mass is 16.2. The molecule has 120 valence electrons. The van der Waals surface area contributed by atoms with Gasteiger partial charge in [0.15, 0.2) is 0 Å². The SMILES string of the molecule is N#Cc1ccccc1/C=C\C(=O)N1CCN(c2cnccn2)CC1. The zero-order valence-corrected chi connectivity index (χ0v) is 13.2. The number of carbonyl (C=O) groups is 1. The molecule has 0 atom stereocenters. The molecule has 1 aliphatic heterocycles. The normalized spacial score (nSPS) is 14.6. The molecule has 2 heterocycles. The predicted molar refractivity (Wildman–Crippen MR) is 91.0 cm³/mol. The summed E-state index contributed by atoms with van der Waals surface area (Å²) in [6, 6.07) is 9.36. The van der Waals surface area contributed by atoms with Crippen LogP contribution >= 0.6 is 0 Å². The minimum Gasteiger partial charge on any atom is -0.352 e. The summed E-state index contributed by atoms with van der Waals surface area (Å²) in [6.45, 7) is 2.74. The molecule has 0 aliphatic carbocycles. The number of amides is 1. The minimum atomic E-state index is -0.0402. The smallest absolute Gasteiger partial charge is 0.246 e. The molecular weight excluding hydrogens is 302 g/mol. The number of hydrogen-bond acceptors (Lipinski definition) is 5. The number of rotatable bonds is 3. The second kappa shape index (κ2) is 7.38. The van der Waals surface area contributed by atoms with Gasteiger partial charge in [-0.1, -0.05) is 18.2 Å². The van der Waals surface area contributed by atoms with Gasteiger partial charge in [-0.15, -0.1) is 0 Å². The van der Waals surface area contributed by atoms with Crippen LogP contribution in [0.2, 0.25) is 0 Å². The van der Waals surface area contributed by atoms with Crippen molar-refractivity contribution in [2.24, 2.45) is 0 Å². The summed E-state index contributed by atoms with van der Waals surface area (Å²) >= 11 is 0. The predicted octanol–water partition coefficient (Wildman–Crippen LogP) is 1.71. The van der Waals surface area contributed by atoms with Crippen molar-refractivity contribution in [1.29, 1.82) is 5.26 Å². The maximum atomic E-state index is 12.3. The van der Waals surface area contributed by atoms with Crippen LogP contribution in [0.3, 0.4) is 0 Å². The van der Waals surface area contributed by atoms with Crippen LogP contribution in [-0.4, -0.2) is 47.0 Å². The van der Waals surface area contributed by atoms with Gasteiger partial charge in [-0.05, 0) is 17.7 Å². The van der Waals surface area contributed by atoms with Gasteiger partial charge in [0.25, 0.3) is 0 Å². The maximum absolute atomic E-state index is 12.3. The zero-order valence-electron chi connectivity index (χ0n) is 13.2. The first-order chi connectivity index (χ1) is 11.8. The van der Waals surface area contributed by atoms with Crippen molar-refractivity contribution < 1.29 is 4.79 Å². The number of nitrogens with zero attached hydrogens (tertiary/aromatic N) is 5. The van der Waals surface area contributed by atoms with E-state index in [2.05, 4.69) is 20.9 Å². The van der Waals surface area contributed by atoms with Crippen LogP contribution in [-0.2, 0) is 4.79 Å². The van der Waals surface area contributed by atoms with E-state index in [1.54, 1.807) is 35.6 Å². The Balaban J connectivity index is 1.59. The van der Waals surface area contributed by atoms with Crippen LogP contribution in [0.25, 0.3) is 6.08 Å². The molecule has 1 fully saturated rings. The molecule has 2 aromatic rings. The number of piperazine rings is 1. The van der Waals surface area contributed by atoms with Crippen molar-refractivity contribution in [3.63, 3.8) is 0 Å². The minimum absolute atomic E-state index is 0.0402. The first-order valence-corrected chi connectivity index (χ1v) is 7.75. The molecule has 1 saturated heterocycles. The highest BCUT2D eigenvalue weighted by molar-refractivity contribution is 5.92. The van der Waals surface area contributed by atoms with Gasteiger partial charge >= 0.3 is 0 Å². The van der Waals surface area contributed by atoms with Crippen LogP contribution in [0.5, 0.6) is 0 Å². The molecule has 6 heteroatoms. The van der Waals surface area contributed by atoms with Gasteiger partial charge in [0.1, 0.15) is 5.82 Å². The molecule has 0 saturated carbocycles. The molecule has 1 amide bonds. The van der Waals surface area contributed by atoms with Crippen LogP contribution in [0, 0.1) is 11.3 Å². The Morgan fingerprint density at radius 3 is 2.67 bits per heavy atom. The highest BCUT2D eigenvalue weighted by Gasteiger charge is 2.20. The molecule has 0 N–H and O–H groups in total. The van der Waals surface area contributed by atoms with E-state index in [-0.39, 0.29) is 5.91 Å². The van der Waals surface area contributed by atoms with Crippen LogP contribution in [0.4, 0.5) is 5.82 Å². The number of carbonyl (C=O) groups excluding carboxylic acids is 1. The molecule has 1 aliphatic rings. The Morgan fingerprint density at radius 2 is 1.96 bits per heavy atom. The van der Waals surface area contributed by atoms with Crippen molar-refractivity contribution in [3.8, 4) is 6.07 Å². The highest BCUT2D eigenvalue weighted by Crippen LogP contribution is 2.13. The fraction of sp³-hybridized carbons (Fsp3) is 0.222. The van der Waals surface area contributed by atoms with Gasteiger partial charge < -0.3 is 9.80 Å². The molecule has 6 nitrogen and oxygen atoms in total. The Morgan fingerprint density at radius 1 is 1.17 bits per heavy atom. The Labute approximate surface area is 140 Å². The van der Waals surface area contributed by atoms with Gasteiger partial charge in [-0.25, -0.2) is 4.98 Å². The lowest BCUT2D eigenvalue weighted by atomic mass is 10.1. The summed E-state index contributed by atoms with van der Waals surface area (Å²) < 4.78 is 0. The third-order valence-electron chi connectivity index (χ3n) is 3.95. The summed E-state index contributed by atoms with van der Waals surface area (Å²) in [6.07, 6.45) is 8.29. The topological polar surface area (TPSA) is 73.1 Å². The standard InChI is InChI=1S/C18H17N5O/c19-13-16-4-2-1-3-15(16)5-6-18(24)23-11-9-22(10-12-23)17-14-20-7-8-21-17/h1-8,14H,9-12H2/b6-5-. The lowest BCUT2D eigenvalue weighted by molar-refractivity contribution is -0.126. The van der Waals surface area contributed by atoms with Gasteiger partial charge in [0.2, 0.25) is 5.91 Å². The number of nitriles is 1. The average molecular weight is 319 g/mol. The average Bonchev–Trinajstić information content (AvgIpc) is 2.67. The van der Waals surface area contributed by atoms with Crippen molar-refractivity contribution >= 4 is 17.8 Å². The summed E-state index contributed by atoms with van der Waals surface area (Å²) in [7, 11) is 0. The van der Waals surface area contributed by atoms with Crippen molar-refractivity contribution in [3.05, 3.63) is 60.1 Å². The van der Waals surface area contributed by atoms with E-state index in [1.165, 1.54) is 6.08 Å². The van der Waals surface area contributed by atoms with Gasteiger partial charge in [0, 0.05) is 44.6 Å². The molecular formula is C18H17N5O. The summed E-state index contributed by atoms with van der Waals surface area (Å²) in [5.41, 5.74) is 1.32. The first-order valence-electron chi connectivity index (χ1n) is 7.75. The maximum Gasteiger partial charge on any atom is 0.246 e. The molecule has 24 heavy (non-hydrogen) atoms. The summed E-state index contributed by atoms with van der Waals surface area (Å²) in [5.74, 6) is 0.796. The monoisotopic (exact) mass is 319 g/mol. The van der Waals surface area contributed by atoms with Crippen LogP contribution in [0.15, 0.2) is 48.9 Å². The third kappa shape index (κ3) is 3.58. The second-order valence-corrected chi connectivity index (χ2v) is 5.41. The molecule has 0 spiro atoms. The van der Waals surface area contributed by atoms with Crippen molar-refractivity contribution in [2.75, 3.05) is 31.1 Å². The Kier molecular flexibility index (Phi) is 4.82. The molecule has 1 aromatic heterocycles. The van der Waals surface area contributed by atoms with Crippen LogP contribution < -0.4 is 4.90 Å². The van der Waals surface area contributed by atoms with E-state index in [0.29, 0.717) is 18.7 Å². The quantitative estimate of drug-likeness (QED) is 0.805. The summed E-state index contributed by atoms with van der Waals surface area (Å²) in [4.78, 5) is 24.6. The molecule has 0 radical (unpaired) electrons. The molecule has 0 bridgehead atoms. The van der Waals surface area contributed by atoms with Gasteiger partial charge in [-0.3, -0.25) is 9.78 Å². The van der Waals surface area contributed by atoms with Gasteiger partial charge in [-0.2, -0.15) is 5.26 Å².